The van der Waals surface area contributed by atoms with Gasteiger partial charge in [0.1, 0.15) is 5.82 Å². The van der Waals surface area contributed by atoms with Crippen molar-refractivity contribution < 1.29 is 13.2 Å². The maximum absolute atomic E-state index is 13.2. The third-order valence-corrected chi connectivity index (χ3v) is 8.33. The predicted octanol–water partition coefficient (Wildman–Crippen LogP) is 2.12. The van der Waals surface area contributed by atoms with Crippen molar-refractivity contribution in [3.05, 3.63) is 52.5 Å². The number of piperazine rings is 1. The van der Waals surface area contributed by atoms with Gasteiger partial charge in [0, 0.05) is 23.8 Å². The zero-order valence-corrected chi connectivity index (χ0v) is 19.8. The maximum atomic E-state index is 13.2. The highest BCUT2D eigenvalue weighted by atomic mass is 79.9. The summed E-state index contributed by atoms with van der Waals surface area (Å²) in [5.74, 6) is 0.751. The summed E-state index contributed by atoms with van der Waals surface area (Å²) in [5, 5.41) is 3.37. The van der Waals surface area contributed by atoms with Gasteiger partial charge in [-0.2, -0.15) is 4.31 Å². The van der Waals surface area contributed by atoms with Gasteiger partial charge in [0.2, 0.25) is 15.9 Å². The number of sulfonamides is 1. The summed E-state index contributed by atoms with van der Waals surface area (Å²) < 4.78 is 28.2. The number of hydrogen-bond donors (Lipinski definition) is 1. The lowest BCUT2D eigenvalue weighted by Gasteiger charge is -2.42. The standard InChI is InChI=1S/C21H26BrN5O3S/c1-15-24-11-8-19(25-15)21(16-6-9-23-10-7-16)27-13-12-26(14-20(27)28)31(29,30)18-4-2-17(22)3-5-18/h2-5,8,11,16,21,23H,6-7,9-10,12-14H2,1H3. The predicted molar refractivity (Wildman–Crippen MR) is 120 cm³/mol. The molecule has 31 heavy (non-hydrogen) atoms. The molecule has 0 radical (unpaired) electrons. The van der Waals surface area contributed by atoms with E-state index in [0.29, 0.717) is 12.4 Å². The van der Waals surface area contributed by atoms with Crippen LogP contribution in [-0.4, -0.2) is 66.2 Å². The van der Waals surface area contributed by atoms with Gasteiger partial charge in [0.15, 0.2) is 0 Å². The highest BCUT2D eigenvalue weighted by Crippen LogP contribution is 2.35. The van der Waals surface area contributed by atoms with Crippen LogP contribution in [0.2, 0.25) is 0 Å². The lowest BCUT2D eigenvalue weighted by molar-refractivity contribution is -0.138. The van der Waals surface area contributed by atoms with Crippen molar-refractivity contribution in [1.82, 2.24) is 24.5 Å². The molecule has 1 unspecified atom stereocenters. The van der Waals surface area contributed by atoms with E-state index in [-0.39, 0.29) is 35.9 Å². The normalized spacial score (nSPS) is 20.1. The fourth-order valence-corrected chi connectivity index (χ4v) is 6.02. The summed E-state index contributed by atoms with van der Waals surface area (Å²) in [6, 6.07) is 8.19. The first-order valence-electron chi connectivity index (χ1n) is 10.4. The molecule has 1 amide bonds. The van der Waals surface area contributed by atoms with Crippen molar-refractivity contribution >= 4 is 31.9 Å². The second kappa shape index (κ2) is 9.32. The monoisotopic (exact) mass is 507 g/mol. The smallest absolute Gasteiger partial charge is 0.243 e. The molecule has 0 bridgehead atoms. The lowest BCUT2D eigenvalue weighted by atomic mass is 9.86. The van der Waals surface area contributed by atoms with Crippen LogP contribution in [0.1, 0.15) is 30.4 Å². The molecule has 1 aromatic heterocycles. The molecule has 1 N–H and O–H groups in total. The van der Waals surface area contributed by atoms with E-state index in [4.69, 9.17) is 0 Å². The summed E-state index contributed by atoms with van der Waals surface area (Å²) >= 11 is 3.32. The van der Waals surface area contributed by atoms with Gasteiger partial charge in [-0.25, -0.2) is 18.4 Å². The van der Waals surface area contributed by atoms with Crippen LogP contribution in [0, 0.1) is 12.8 Å². The van der Waals surface area contributed by atoms with E-state index in [0.717, 1.165) is 36.1 Å². The van der Waals surface area contributed by atoms with Crippen LogP contribution in [0.4, 0.5) is 0 Å². The molecule has 2 aromatic rings. The zero-order chi connectivity index (χ0) is 22.0. The number of rotatable bonds is 5. The van der Waals surface area contributed by atoms with Crippen LogP contribution >= 0.6 is 15.9 Å². The minimum atomic E-state index is -3.73. The molecule has 0 aliphatic carbocycles. The van der Waals surface area contributed by atoms with Crippen LogP contribution < -0.4 is 5.32 Å². The van der Waals surface area contributed by atoms with Crippen LogP contribution in [-0.2, 0) is 14.8 Å². The SMILES string of the molecule is Cc1nccc(C(C2CCNCC2)N2CCN(S(=O)(=O)c3ccc(Br)cc3)CC2=O)n1. The second-order valence-corrected chi connectivity index (χ2v) is 10.8. The maximum Gasteiger partial charge on any atom is 0.243 e. The molecule has 4 rings (SSSR count). The number of halogens is 1. The Morgan fingerprint density at radius 1 is 1.13 bits per heavy atom. The molecule has 2 saturated heterocycles. The van der Waals surface area contributed by atoms with Gasteiger partial charge < -0.3 is 10.2 Å². The van der Waals surface area contributed by atoms with E-state index in [2.05, 4.69) is 31.2 Å². The van der Waals surface area contributed by atoms with E-state index in [1.807, 2.05) is 17.9 Å². The Morgan fingerprint density at radius 2 is 1.84 bits per heavy atom. The van der Waals surface area contributed by atoms with Crippen molar-refractivity contribution in [2.45, 2.75) is 30.7 Å². The van der Waals surface area contributed by atoms with E-state index < -0.39 is 10.0 Å². The number of carbonyl (C=O) groups excluding carboxylic acids is 1. The summed E-state index contributed by atoms with van der Waals surface area (Å²) in [5.41, 5.74) is 0.831. The average Bonchev–Trinajstić information content (AvgIpc) is 2.76. The Balaban J connectivity index is 1.58. The van der Waals surface area contributed by atoms with Crippen LogP contribution in [0.3, 0.4) is 0 Å². The first-order valence-corrected chi connectivity index (χ1v) is 12.6. The van der Waals surface area contributed by atoms with Crippen molar-refractivity contribution in [2.75, 3.05) is 32.7 Å². The Bertz CT molecular complexity index is 1040. The molecular formula is C21H26BrN5O3S. The molecule has 0 spiro atoms. The molecule has 10 heteroatoms. The minimum absolute atomic E-state index is 0.163. The fraction of sp³-hybridized carbons (Fsp3) is 0.476. The van der Waals surface area contributed by atoms with Gasteiger partial charge in [-0.3, -0.25) is 4.79 Å². The van der Waals surface area contributed by atoms with Gasteiger partial charge in [-0.05, 0) is 69.1 Å². The molecule has 3 heterocycles. The first-order chi connectivity index (χ1) is 14.9. The Labute approximate surface area is 191 Å². The summed E-state index contributed by atoms with van der Waals surface area (Å²) in [6.45, 7) is 4.08. The summed E-state index contributed by atoms with van der Waals surface area (Å²) in [4.78, 5) is 24.1. The first kappa shape index (κ1) is 22.3. The van der Waals surface area contributed by atoms with E-state index in [9.17, 15) is 13.2 Å². The van der Waals surface area contributed by atoms with Gasteiger partial charge in [-0.15, -0.1) is 0 Å². The molecule has 8 nitrogen and oxygen atoms in total. The second-order valence-electron chi connectivity index (χ2n) is 7.94. The third-order valence-electron chi connectivity index (χ3n) is 5.94. The van der Waals surface area contributed by atoms with Crippen molar-refractivity contribution in [3.8, 4) is 0 Å². The van der Waals surface area contributed by atoms with E-state index in [1.165, 1.54) is 4.31 Å². The van der Waals surface area contributed by atoms with Crippen LogP contribution in [0.25, 0.3) is 0 Å². The Kier molecular flexibility index (Phi) is 6.71. The molecular weight excluding hydrogens is 482 g/mol. The van der Waals surface area contributed by atoms with Gasteiger partial charge >= 0.3 is 0 Å². The number of nitrogens with zero attached hydrogens (tertiary/aromatic N) is 4. The number of benzene rings is 1. The lowest BCUT2D eigenvalue weighted by Crippen LogP contribution is -2.54. The molecule has 166 valence electrons. The topological polar surface area (TPSA) is 95.5 Å². The summed E-state index contributed by atoms with van der Waals surface area (Å²) in [6.07, 6.45) is 3.61. The zero-order valence-electron chi connectivity index (χ0n) is 17.4. The Morgan fingerprint density at radius 3 is 2.48 bits per heavy atom. The fourth-order valence-electron chi connectivity index (χ4n) is 4.37. The van der Waals surface area contributed by atoms with Crippen LogP contribution in [0.15, 0.2) is 45.9 Å². The van der Waals surface area contributed by atoms with Gasteiger partial charge in [0.05, 0.1) is 23.2 Å². The van der Waals surface area contributed by atoms with Crippen molar-refractivity contribution in [1.29, 1.82) is 0 Å². The number of piperidine rings is 1. The van der Waals surface area contributed by atoms with Gasteiger partial charge in [-0.1, -0.05) is 15.9 Å². The van der Waals surface area contributed by atoms with E-state index in [1.54, 1.807) is 30.5 Å². The number of aromatic nitrogens is 2. The molecule has 0 saturated carbocycles. The third kappa shape index (κ3) is 4.82. The largest absolute Gasteiger partial charge is 0.331 e. The molecule has 2 aliphatic heterocycles. The highest BCUT2D eigenvalue weighted by Gasteiger charge is 2.39. The number of carbonyl (C=O) groups is 1. The van der Waals surface area contributed by atoms with E-state index >= 15 is 0 Å². The quantitative estimate of drug-likeness (QED) is 0.665. The number of hydrogen-bond acceptors (Lipinski definition) is 6. The minimum Gasteiger partial charge on any atom is -0.331 e. The van der Waals surface area contributed by atoms with Crippen LogP contribution in [0.5, 0.6) is 0 Å². The molecule has 2 fully saturated rings. The number of amides is 1. The number of aryl methyl sites for hydroxylation is 1. The summed E-state index contributed by atoms with van der Waals surface area (Å²) in [7, 11) is -3.73. The Hall–Kier alpha value is -1.88. The van der Waals surface area contributed by atoms with Crippen molar-refractivity contribution in [3.63, 3.8) is 0 Å². The number of nitrogens with one attached hydrogen (secondary N) is 1. The van der Waals surface area contributed by atoms with Crippen molar-refractivity contribution in [2.24, 2.45) is 5.92 Å². The molecule has 1 aromatic carbocycles. The molecule has 1 atom stereocenters. The average molecular weight is 508 g/mol. The van der Waals surface area contributed by atoms with Gasteiger partial charge in [0.25, 0.3) is 0 Å². The molecule has 2 aliphatic rings. The highest BCUT2D eigenvalue weighted by molar-refractivity contribution is 9.10.